The highest BCUT2D eigenvalue weighted by Gasteiger charge is 2.11. The molecule has 0 aromatic carbocycles. The molecule has 78 valence electrons. The molecule has 1 unspecified atom stereocenters. The number of halogens is 2. The zero-order chi connectivity index (χ0) is 10.6. The molecule has 0 amide bonds. The number of aromatic nitrogens is 1. The van der Waals surface area contributed by atoms with Crippen molar-refractivity contribution in [1.82, 2.24) is 4.98 Å². The van der Waals surface area contributed by atoms with Crippen LogP contribution in [0.4, 0.5) is 4.39 Å². The number of hydrogen-bond donors (Lipinski definition) is 0. The van der Waals surface area contributed by atoms with Gasteiger partial charge in [0.05, 0.1) is 5.69 Å². The second kappa shape index (κ2) is 5.30. The molecule has 0 bridgehead atoms. The van der Waals surface area contributed by atoms with E-state index in [1.165, 1.54) is 6.07 Å². The lowest BCUT2D eigenvalue weighted by molar-refractivity contribution is 0.541. The number of nitrogens with zero attached hydrogens (tertiary/aromatic N) is 1. The molecule has 1 heterocycles. The van der Waals surface area contributed by atoms with E-state index in [4.69, 9.17) is 11.6 Å². The minimum absolute atomic E-state index is 0.0283. The Bertz CT molecular complexity index is 288. The summed E-state index contributed by atoms with van der Waals surface area (Å²) in [5.74, 6) is 0.270. The Morgan fingerprint density at radius 2 is 2.21 bits per heavy atom. The molecule has 1 aromatic heterocycles. The van der Waals surface area contributed by atoms with Gasteiger partial charge in [-0.15, -0.1) is 11.6 Å². The molecule has 1 atom stereocenters. The highest BCUT2D eigenvalue weighted by Crippen LogP contribution is 2.16. The normalized spacial score (nSPS) is 13.2. The van der Waals surface area contributed by atoms with E-state index in [2.05, 4.69) is 18.8 Å². The van der Waals surface area contributed by atoms with Gasteiger partial charge in [-0.2, -0.15) is 0 Å². The van der Waals surface area contributed by atoms with Crippen LogP contribution in [0.2, 0.25) is 0 Å². The zero-order valence-electron chi connectivity index (χ0n) is 8.50. The molecule has 0 saturated carbocycles. The van der Waals surface area contributed by atoms with Crippen LogP contribution in [0.15, 0.2) is 18.3 Å². The molecule has 1 aromatic rings. The molecule has 0 aliphatic heterocycles. The Kier molecular flexibility index (Phi) is 4.33. The Labute approximate surface area is 89.3 Å². The maximum Gasteiger partial charge on any atom is 0.144 e. The number of pyridine rings is 1. The molecule has 0 saturated heterocycles. The molecule has 3 heteroatoms. The lowest BCUT2D eigenvalue weighted by Gasteiger charge is -2.11. The summed E-state index contributed by atoms with van der Waals surface area (Å²) < 4.78 is 13.2. The van der Waals surface area contributed by atoms with Gasteiger partial charge in [-0.25, -0.2) is 4.39 Å². The van der Waals surface area contributed by atoms with Crippen molar-refractivity contribution in [3.63, 3.8) is 0 Å². The first kappa shape index (κ1) is 11.4. The van der Waals surface area contributed by atoms with E-state index < -0.39 is 0 Å². The first-order chi connectivity index (χ1) is 6.59. The fraction of sp³-hybridized carbons (Fsp3) is 0.545. The molecular weight excluding hydrogens is 201 g/mol. The SMILES string of the molecule is CC(C)CC(Cl)Cc1ncccc1F. The summed E-state index contributed by atoms with van der Waals surface area (Å²) >= 11 is 6.08. The third-order valence-electron chi connectivity index (χ3n) is 1.98. The van der Waals surface area contributed by atoms with Crippen LogP contribution in [0, 0.1) is 11.7 Å². The van der Waals surface area contributed by atoms with Gasteiger partial charge >= 0.3 is 0 Å². The molecule has 0 radical (unpaired) electrons. The summed E-state index contributed by atoms with van der Waals surface area (Å²) in [5.41, 5.74) is 0.466. The first-order valence-corrected chi connectivity index (χ1v) is 5.26. The first-order valence-electron chi connectivity index (χ1n) is 4.83. The van der Waals surface area contributed by atoms with E-state index in [-0.39, 0.29) is 11.2 Å². The van der Waals surface area contributed by atoms with Crippen LogP contribution in [-0.2, 0) is 6.42 Å². The standard InChI is InChI=1S/C11H15ClFN/c1-8(2)6-9(12)7-11-10(13)4-3-5-14-11/h3-5,8-9H,6-7H2,1-2H3. The van der Waals surface area contributed by atoms with Crippen molar-refractivity contribution in [3.8, 4) is 0 Å². The van der Waals surface area contributed by atoms with Gasteiger partial charge in [-0.3, -0.25) is 4.98 Å². The second-order valence-corrected chi connectivity index (χ2v) is 4.48. The van der Waals surface area contributed by atoms with E-state index in [9.17, 15) is 4.39 Å². The van der Waals surface area contributed by atoms with Crippen LogP contribution in [0.5, 0.6) is 0 Å². The maximum atomic E-state index is 13.2. The topological polar surface area (TPSA) is 12.9 Å². The molecule has 0 N–H and O–H groups in total. The second-order valence-electron chi connectivity index (χ2n) is 3.86. The highest BCUT2D eigenvalue weighted by atomic mass is 35.5. The van der Waals surface area contributed by atoms with Crippen LogP contribution in [0.25, 0.3) is 0 Å². The summed E-state index contributed by atoms with van der Waals surface area (Å²) in [4.78, 5) is 3.97. The predicted molar refractivity (Wildman–Crippen MR) is 57.0 cm³/mol. The van der Waals surface area contributed by atoms with Crippen molar-refractivity contribution in [2.45, 2.75) is 32.1 Å². The molecule has 0 fully saturated rings. The van der Waals surface area contributed by atoms with Crippen molar-refractivity contribution in [3.05, 3.63) is 29.8 Å². The van der Waals surface area contributed by atoms with Gasteiger partial charge in [0.15, 0.2) is 0 Å². The predicted octanol–water partition coefficient (Wildman–Crippen LogP) is 3.42. The summed E-state index contributed by atoms with van der Waals surface area (Å²) in [6, 6.07) is 3.01. The van der Waals surface area contributed by atoms with E-state index in [0.717, 1.165) is 6.42 Å². The van der Waals surface area contributed by atoms with Crippen molar-refractivity contribution in [1.29, 1.82) is 0 Å². The van der Waals surface area contributed by atoms with Crippen molar-refractivity contribution in [2.24, 2.45) is 5.92 Å². The summed E-state index contributed by atoms with van der Waals surface area (Å²) in [6.07, 6.45) is 2.99. The third-order valence-corrected chi connectivity index (χ3v) is 2.31. The molecule has 1 rings (SSSR count). The third kappa shape index (κ3) is 3.62. The summed E-state index contributed by atoms with van der Waals surface area (Å²) in [5, 5.41) is -0.0283. The zero-order valence-corrected chi connectivity index (χ0v) is 9.26. The van der Waals surface area contributed by atoms with Crippen LogP contribution < -0.4 is 0 Å². The molecule has 0 aliphatic rings. The van der Waals surface area contributed by atoms with Crippen LogP contribution in [0.1, 0.15) is 26.0 Å². The Morgan fingerprint density at radius 1 is 1.50 bits per heavy atom. The van der Waals surface area contributed by atoms with Gasteiger partial charge in [0.25, 0.3) is 0 Å². The Hall–Kier alpha value is -0.630. The average molecular weight is 216 g/mol. The Balaban J connectivity index is 2.56. The van der Waals surface area contributed by atoms with Gasteiger partial charge in [-0.1, -0.05) is 13.8 Å². The van der Waals surface area contributed by atoms with E-state index >= 15 is 0 Å². The average Bonchev–Trinajstić information content (AvgIpc) is 2.07. The molecule has 0 spiro atoms. The summed E-state index contributed by atoms with van der Waals surface area (Å²) in [6.45, 7) is 4.20. The van der Waals surface area contributed by atoms with E-state index in [0.29, 0.717) is 18.0 Å². The summed E-state index contributed by atoms with van der Waals surface area (Å²) in [7, 11) is 0. The van der Waals surface area contributed by atoms with Crippen molar-refractivity contribution >= 4 is 11.6 Å². The van der Waals surface area contributed by atoms with Gasteiger partial charge < -0.3 is 0 Å². The monoisotopic (exact) mass is 215 g/mol. The van der Waals surface area contributed by atoms with Crippen LogP contribution in [-0.4, -0.2) is 10.4 Å². The van der Waals surface area contributed by atoms with Crippen LogP contribution >= 0.6 is 11.6 Å². The van der Waals surface area contributed by atoms with E-state index in [1.807, 2.05) is 0 Å². The fourth-order valence-corrected chi connectivity index (χ4v) is 1.88. The smallest absolute Gasteiger partial charge is 0.144 e. The lowest BCUT2D eigenvalue weighted by atomic mass is 10.0. The van der Waals surface area contributed by atoms with Crippen molar-refractivity contribution < 1.29 is 4.39 Å². The fourth-order valence-electron chi connectivity index (χ4n) is 1.37. The van der Waals surface area contributed by atoms with Gasteiger partial charge in [0.2, 0.25) is 0 Å². The van der Waals surface area contributed by atoms with Gasteiger partial charge in [-0.05, 0) is 24.5 Å². The van der Waals surface area contributed by atoms with Gasteiger partial charge in [0, 0.05) is 18.0 Å². The van der Waals surface area contributed by atoms with E-state index in [1.54, 1.807) is 12.3 Å². The number of hydrogen-bond acceptors (Lipinski definition) is 1. The molecule has 0 aliphatic carbocycles. The molecular formula is C11H15ClFN. The minimum atomic E-state index is -0.262. The number of alkyl halides is 1. The van der Waals surface area contributed by atoms with Gasteiger partial charge in [0.1, 0.15) is 5.82 Å². The largest absolute Gasteiger partial charge is 0.258 e. The molecule has 1 nitrogen and oxygen atoms in total. The maximum absolute atomic E-state index is 13.2. The number of rotatable bonds is 4. The Morgan fingerprint density at radius 3 is 2.79 bits per heavy atom. The van der Waals surface area contributed by atoms with Crippen LogP contribution in [0.3, 0.4) is 0 Å². The molecule has 14 heavy (non-hydrogen) atoms. The van der Waals surface area contributed by atoms with Crippen molar-refractivity contribution in [2.75, 3.05) is 0 Å². The minimum Gasteiger partial charge on any atom is -0.258 e. The highest BCUT2D eigenvalue weighted by molar-refractivity contribution is 6.20. The quantitative estimate of drug-likeness (QED) is 0.702. The lowest BCUT2D eigenvalue weighted by Crippen LogP contribution is -2.09.